The lowest BCUT2D eigenvalue weighted by Crippen LogP contribution is -2.49. The van der Waals surface area contributed by atoms with Gasteiger partial charge in [-0.15, -0.1) is 5.73 Å². The summed E-state index contributed by atoms with van der Waals surface area (Å²) in [6.45, 7) is 22.3. The molecule has 2 aliphatic carbocycles. The normalized spacial score (nSPS) is 27.4. The van der Waals surface area contributed by atoms with E-state index in [4.69, 9.17) is 9.47 Å². The van der Waals surface area contributed by atoms with E-state index in [0.29, 0.717) is 44.1 Å². The minimum Gasteiger partial charge on any atom is -0.462 e. The van der Waals surface area contributed by atoms with Crippen molar-refractivity contribution in [3.8, 4) is 0 Å². The number of aliphatic hydroxyl groups excluding tert-OH is 1. The highest BCUT2D eigenvalue weighted by molar-refractivity contribution is 5.96. The monoisotopic (exact) mass is 901 g/mol. The van der Waals surface area contributed by atoms with Gasteiger partial charge in [0.05, 0.1) is 17.3 Å². The molecule has 3 fully saturated rings. The Balaban J connectivity index is 1.40. The number of fused-ring (bicyclic) bond motifs is 1. The molecule has 5 atom stereocenters. The van der Waals surface area contributed by atoms with Gasteiger partial charge in [0.2, 0.25) is 0 Å². The van der Waals surface area contributed by atoms with Gasteiger partial charge in [0.25, 0.3) is 0 Å². The van der Waals surface area contributed by atoms with Crippen molar-refractivity contribution in [2.75, 3.05) is 0 Å². The van der Waals surface area contributed by atoms with Crippen molar-refractivity contribution >= 4 is 11.8 Å². The van der Waals surface area contributed by atoms with Gasteiger partial charge in [0, 0.05) is 36.7 Å². The second-order valence-electron chi connectivity index (χ2n) is 20.3. The Bertz CT molecular complexity index is 2050. The number of aliphatic hydroxyl groups is 2. The Morgan fingerprint density at radius 1 is 0.697 bits per heavy atom. The fraction of sp³-hybridized carbons (Fsp3) is 0.517. The Morgan fingerprint density at radius 3 is 1.77 bits per heavy atom. The molecule has 2 N–H and O–H groups in total. The molecule has 1 saturated heterocycles. The second-order valence-corrected chi connectivity index (χ2v) is 20.3. The Labute approximate surface area is 400 Å². The van der Waals surface area contributed by atoms with Crippen LogP contribution < -0.4 is 0 Å². The van der Waals surface area contributed by atoms with Crippen molar-refractivity contribution in [1.82, 2.24) is 0 Å². The lowest BCUT2D eigenvalue weighted by Gasteiger charge is -2.43. The predicted molar refractivity (Wildman–Crippen MR) is 277 cm³/mol. The van der Waals surface area contributed by atoms with Crippen LogP contribution in [-0.2, 0) is 19.1 Å². The highest BCUT2D eigenvalue weighted by Crippen LogP contribution is 2.67. The maximum atomic E-state index is 13.5. The zero-order valence-electron chi connectivity index (χ0n) is 42.5. The molecule has 1 heterocycles. The van der Waals surface area contributed by atoms with Gasteiger partial charge in [-0.25, -0.2) is 0 Å². The van der Waals surface area contributed by atoms with Gasteiger partial charge in [-0.1, -0.05) is 167 Å². The van der Waals surface area contributed by atoms with Crippen molar-refractivity contribution in [2.24, 2.45) is 10.8 Å². The van der Waals surface area contributed by atoms with Crippen molar-refractivity contribution in [1.29, 1.82) is 0 Å². The molecule has 6 nitrogen and oxygen atoms in total. The molecule has 0 aromatic carbocycles. The number of rotatable bonds is 24. The smallest absolute Gasteiger partial charge is 0.306 e. The van der Waals surface area contributed by atoms with Gasteiger partial charge in [-0.05, 0) is 122 Å². The zero-order chi connectivity index (χ0) is 48.9. The molecule has 66 heavy (non-hydrogen) atoms. The third-order valence-electron chi connectivity index (χ3n) is 13.0. The van der Waals surface area contributed by atoms with Crippen LogP contribution in [0.15, 0.2) is 161 Å². The predicted octanol–water partition coefficient (Wildman–Crippen LogP) is 14.6. The van der Waals surface area contributed by atoms with E-state index >= 15 is 0 Å². The summed E-state index contributed by atoms with van der Waals surface area (Å²) < 4.78 is 12.5. The molecular weight excluding hydrogens is 817 g/mol. The highest BCUT2D eigenvalue weighted by atomic mass is 16.6. The fourth-order valence-corrected chi connectivity index (χ4v) is 9.50. The Hall–Kier alpha value is -4.58. The summed E-state index contributed by atoms with van der Waals surface area (Å²) in [7, 11) is 0. The highest BCUT2D eigenvalue weighted by Gasteiger charge is 2.76. The number of ether oxygens (including phenoxy) is 2. The average Bonchev–Trinajstić information content (AvgIpc) is 3.84. The summed E-state index contributed by atoms with van der Waals surface area (Å²) in [5.74, 6) is -0.0974. The fourth-order valence-electron chi connectivity index (χ4n) is 9.50. The van der Waals surface area contributed by atoms with Crippen LogP contribution in [0.2, 0.25) is 0 Å². The maximum absolute atomic E-state index is 13.5. The molecule has 0 radical (unpaired) electrons. The molecule has 0 bridgehead atoms. The van der Waals surface area contributed by atoms with E-state index < -0.39 is 22.9 Å². The quantitative estimate of drug-likeness (QED) is 0.0191. The number of hydrogen-bond acceptors (Lipinski definition) is 6. The first-order valence-electron chi connectivity index (χ1n) is 24.4. The van der Waals surface area contributed by atoms with Crippen LogP contribution >= 0.6 is 0 Å². The van der Waals surface area contributed by atoms with Gasteiger partial charge < -0.3 is 19.7 Å². The van der Waals surface area contributed by atoms with E-state index in [-0.39, 0.29) is 28.7 Å². The molecule has 2 saturated carbocycles. The number of epoxide rings is 1. The number of carbonyl (C=O) groups is 2. The average molecular weight is 901 g/mol. The van der Waals surface area contributed by atoms with Gasteiger partial charge in [-0.2, -0.15) is 0 Å². The molecule has 3 rings (SSSR count). The molecule has 0 spiro atoms. The number of carbonyl (C=O) groups excluding carboxylic acids is 2. The van der Waals surface area contributed by atoms with Crippen LogP contribution in [0.1, 0.15) is 160 Å². The first-order chi connectivity index (χ1) is 31.2. The van der Waals surface area contributed by atoms with Crippen molar-refractivity contribution in [3.63, 3.8) is 0 Å². The van der Waals surface area contributed by atoms with Gasteiger partial charge in [-0.3, -0.25) is 9.59 Å². The van der Waals surface area contributed by atoms with Crippen molar-refractivity contribution in [2.45, 2.75) is 189 Å². The van der Waals surface area contributed by atoms with Gasteiger partial charge in [0.15, 0.2) is 5.78 Å². The van der Waals surface area contributed by atoms with E-state index in [1.54, 1.807) is 6.92 Å². The molecule has 0 aromatic heterocycles. The maximum Gasteiger partial charge on any atom is 0.306 e. The van der Waals surface area contributed by atoms with Crippen LogP contribution in [0.5, 0.6) is 0 Å². The number of hydrogen-bond donors (Lipinski definition) is 2. The largest absolute Gasteiger partial charge is 0.462 e. The number of esters is 1. The Kier molecular flexibility index (Phi) is 22.5. The summed E-state index contributed by atoms with van der Waals surface area (Å²) in [5, 5.41) is 21.1. The second kappa shape index (κ2) is 26.7. The molecule has 0 aromatic rings. The molecule has 6 heteroatoms. The van der Waals surface area contributed by atoms with Gasteiger partial charge >= 0.3 is 5.97 Å². The van der Waals surface area contributed by atoms with E-state index in [0.717, 1.165) is 67.2 Å². The van der Waals surface area contributed by atoms with Crippen molar-refractivity contribution < 1.29 is 29.3 Å². The lowest BCUT2D eigenvalue weighted by molar-refractivity contribution is -0.153. The third kappa shape index (κ3) is 18.2. The third-order valence-corrected chi connectivity index (χ3v) is 13.0. The minimum atomic E-state index is -1.08. The topological polar surface area (TPSA) is 96.4 Å². The van der Waals surface area contributed by atoms with E-state index in [9.17, 15) is 19.8 Å². The number of Topliss-reactive ketones (excluding diaryl/α,β-unsaturated/α-hetero) is 1. The van der Waals surface area contributed by atoms with Crippen LogP contribution in [0.4, 0.5) is 0 Å². The SMILES string of the molecule is CC/C=C\C/C=C\C/C=C\C/C=C\C/C=C\CCCC(=O)O[C@H]1CC(C)(C)[C@]2(CC(=O)/C(C)=C/C=C/C(C)=C/C=C/C=C(C)/C=C/C=C(\C)C=C=C3C(C)(C)C[C@H](O)C[C@@]3(C)O)O[C@]2(C)C1. The molecule has 0 amide bonds. The van der Waals surface area contributed by atoms with E-state index in [2.05, 4.69) is 94.2 Å². The molecule has 1 aliphatic heterocycles. The molecule has 0 unspecified atom stereocenters. The van der Waals surface area contributed by atoms with Gasteiger partial charge in [0.1, 0.15) is 11.7 Å². The molecule has 360 valence electrons. The summed E-state index contributed by atoms with van der Waals surface area (Å²) >= 11 is 0. The summed E-state index contributed by atoms with van der Waals surface area (Å²) in [4.78, 5) is 26.4. The molecular formula is C60H84O6. The summed E-state index contributed by atoms with van der Waals surface area (Å²) in [6, 6.07) is 0. The van der Waals surface area contributed by atoms with Crippen LogP contribution in [-0.4, -0.2) is 51.0 Å². The first kappa shape index (κ1) is 55.7. The standard InChI is InChI=1S/C60H84O6/c1-12-13-14-15-16-17-18-19-20-21-22-23-24-25-26-27-28-39-55(63)65-52-44-57(8,9)60(59(11,45-52)66-60)46-53(62)50(5)38-32-37-48(3)34-30-29-33-47(2)35-31-36-49(4)40-41-54-56(6,7)42-51(61)43-58(54,10)64/h13-14,16-17,19-20,22-23,25-26,29-38,40,51-52,61,64H,12,15,18,21,24,27-28,39,42-46H2,1-11H3/b14-13-,17-16-,20-19-,23-22-,26-25-,30-29+,35-31+,37-32+,47-33+,48-34+,49-36+,50-38+/t41?,51-,52-,58+,59+,60-/m0/s1. The van der Waals surface area contributed by atoms with Crippen LogP contribution in [0.3, 0.4) is 0 Å². The van der Waals surface area contributed by atoms with Crippen LogP contribution in [0.25, 0.3) is 0 Å². The van der Waals surface area contributed by atoms with E-state index in [1.165, 1.54) is 0 Å². The Morgan fingerprint density at radius 2 is 1.23 bits per heavy atom. The summed E-state index contributed by atoms with van der Waals surface area (Å²) in [6.07, 6.45) is 52.3. The minimum absolute atomic E-state index is 0.0669. The van der Waals surface area contributed by atoms with Crippen LogP contribution in [0, 0.1) is 10.8 Å². The van der Waals surface area contributed by atoms with Crippen molar-refractivity contribution in [3.05, 3.63) is 161 Å². The summed E-state index contributed by atoms with van der Waals surface area (Å²) in [5.41, 5.74) is 5.17. The zero-order valence-corrected chi connectivity index (χ0v) is 42.5. The lowest BCUT2D eigenvalue weighted by atomic mass is 9.61. The molecule has 3 aliphatic rings. The van der Waals surface area contributed by atoms with E-state index in [1.807, 2.05) is 108 Å². The number of ketones is 1. The first-order valence-corrected chi connectivity index (χ1v) is 24.4. The number of allylic oxidation sites excluding steroid dienone is 24. The number of unbranched alkanes of at least 4 members (excludes halogenated alkanes) is 1.